The fourth-order valence-corrected chi connectivity index (χ4v) is 7.81. The van der Waals surface area contributed by atoms with Gasteiger partial charge >= 0.3 is 5.97 Å². The smallest absolute Gasteiger partial charge is 0.338 e. The molecule has 214 valence electrons. The van der Waals surface area contributed by atoms with E-state index in [0.717, 1.165) is 35.6 Å². The van der Waals surface area contributed by atoms with E-state index in [2.05, 4.69) is 0 Å². The first-order valence-electron chi connectivity index (χ1n) is 13.1. The molecule has 0 heterocycles. The summed E-state index contributed by atoms with van der Waals surface area (Å²) in [4.78, 5) is 12.3. The Morgan fingerprint density at radius 2 is 1.43 bits per heavy atom. The fourth-order valence-electron chi connectivity index (χ4n) is 4.86. The Balaban J connectivity index is 1.57. The van der Waals surface area contributed by atoms with E-state index in [0.29, 0.717) is 16.1 Å². The molecule has 0 bridgehead atoms. The normalized spacial score (nSPS) is 14.6. The highest BCUT2D eigenvalue weighted by atomic mass is 35.5. The molecule has 1 aliphatic rings. The zero-order chi connectivity index (χ0) is 28.9. The number of ether oxygens (including phenoxy) is 1. The molecule has 1 saturated carbocycles. The second kappa shape index (κ2) is 12.8. The van der Waals surface area contributed by atoms with Gasteiger partial charge in [-0.15, -0.1) is 0 Å². The highest BCUT2D eigenvalue weighted by Gasteiger charge is 2.34. The lowest BCUT2D eigenvalue weighted by Crippen LogP contribution is -2.38. The first-order valence-corrected chi connectivity index (χ1v) is 16.4. The van der Waals surface area contributed by atoms with E-state index in [-0.39, 0.29) is 35.5 Å². The zero-order valence-electron chi connectivity index (χ0n) is 22.5. The number of carbonyl (C=O) groups is 1. The van der Waals surface area contributed by atoms with Crippen molar-refractivity contribution in [3.05, 3.63) is 94.5 Å². The van der Waals surface area contributed by atoms with E-state index in [1.165, 1.54) is 35.6 Å². The summed E-state index contributed by atoms with van der Waals surface area (Å²) in [7, 11) is -6.47. The lowest BCUT2D eigenvalue weighted by Gasteiger charge is -2.28. The Labute approximate surface area is 241 Å². The lowest BCUT2D eigenvalue weighted by atomic mass is 10.1. The molecule has 0 saturated heterocycles. The van der Waals surface area contributed by atoms with Crippen LogP contribution in [0.5, 0.6) is 0 Å². The van der Waals surface area contributed by atoms with E-state index < -0.39 is 26.0 Å². The van der Waals surface area contributed by atoms with Crippen molar-refractivity contribution in [2.45, 2.75) is 61.5 Å². The summed E-state index contributed by atoms with van der Waals surface area (Å²) in [5, 5.41) is 0.574. The van der Waals surface area contributed by atoms with Gasteiger partial charge in [-0.05, 0) is 73.4 Å². The van der Waals surface area contributed by atoms with Gasteiger partial charge in [-0.1, -0.05) is 54.8 Å². The van der Waals surface area contributed by atoms with Crippen molar-refractivity contribution in [2.75, 3.05) is 13.7 Å². The van der Waals surface area contributed by atoms with Gasteiger partial charge in [-0.3, -0.25) is 0 Å². The first kappa shape index (κ1) is 30.2. The molecule has 1 aliphatic carbocycles. The van der Waals surface area contributed by atoms with Gasteiger partial charge in [0.2, 0.25) is 20.0 Å². The number of benzene rings is 3. The molecule has 3 aromatic carbocycles. The van der Waals surface area contributed by atoms with Crippen molar-refractivity contribution in [1.29, 1.82) is 0 Å². The van der Waals surface area contributed by atoms with Crippen molar-refractivity contribution in [3.63, 3.8) is 0 Å². The third-order valence-corrected chi connectivity index (χ3v) is 11.0. The third-order valence-electron chi connectivity index (χ3n) is 7.03. The van der Waals surface area contributed by atoms with Gasteiger partial charge in [0.1, 0.15) is 0 Å². The van der Waals surface area contributed by atoms with Crippen LogP contribution in [0, 0.1) is 0 Å². The molecule has 0 aliphatic heterocycles. The molecule has 4 rings (SSSR count). The molecule has 8 nitrogen and oxygen atoms in total. The molecule has 0 spiro atoms. The standard InChI is InChI=1S/C29H33ClN2O6S2/c1-3-38-29(33)28-11-7-4-8-23(28)21-31(2)39(34,35)26-16-18-27(19-17-26)40(36,37)32(25-9-5-6-10-25)20-22-12-14-24(30)15-13-22/h4,7-8,11-19,25H,3,5-6,9-10,20-21H2,1-2H3. The molecule has 0 amide bonds. The number of halogens is 1. The molecule has 3 aromatic rings. The lowest BCUT2D eigenvalue weighted by molar-refractivity contribution is 0.0524. The average molecular weight is 605 g/mol. The number of hydrogen-bond acceptors (Lipinski definition) is 6. The number of sulfonamides is 2. The molecule has 11 heteroatoms. The van der Waals surface area contributed by atoms with Gasteiger partial charge < -0.3 is 4.74 Å². The number of nitrogens with zero attached hydrogens (tertiary/aromatic N) is 2. The van der Waals surface area contributed by atoms with E-state index >= 15 is 0 Å². The number of carbonyl (C=O) groups excluding carboxylic acids is 1. The van der Waals surface area contributed by atoms with Crippen LogP contribution in [0.15, 0.2) is 82.6 Å². The largest absolute Gasteiger partial charge is 0.462 e. The van der Waals surface area contributed by atoms with Crippen LogP contribution in [0.1, 0.15) is 54.1 Å². The predicted molar refractivity (Wildman–Crippen MR) is 154 cm³/mol. The van der Waals surface area contributed by atoms with Crippen LogP contribution < -0.4 is 0 Å². The molecule has 40 heavy (non-hydrogen) atoms. The number of hydrogen-bond donors (Lipinski definition) is 0. The summed E-state index contributed by atoms with van der Waals surface area (Å²) in [6.45, 7) is 2.04. The van der Waals surface area contributed by atoms with Crippen LogP contribution in [-0.4, -0.2) is 51.1 Å². The Morgan fingerprint density at radius 1 is 0.850 bits per heavy atom. The molecule has 0 atom stereocenters. The summed E-state index contributed by atoms with van der Waals surface area (Å²) in [5.41, 5.74) is 1.62. The van der Waals surface area contributed by atoms with Crippen LogP contribution in [-0.2, 0) is 37.9 Å². The van der Waals surface area contributed by atoms with Gasteiger partial charge in [-0.2, -0.15) is 8.61 Å². The second-order valence-corrected chi connectivity index (χ2v) is 14.1. The SMILES string of the molecule is CCOC(=O)c1ccccc1CN(C)S(=O)(=O)c1ccc(S(=O)(=O)N(Cc2ccc(Cl)cc2)C2CCCC2)cc1. The maximum atomic E-state index is 13.8. The Kier molecular flexibility index (Phi) is 9.68. The van der Waals surface area contributed by atoms with Crippen molar-refractivity contribution in [1.82, 2.24) is 8.61 Å². The van der Waals surface area contributed by atoms with E-state index in [1.54, 1.807) is 43.3 Å². The van der Waals surface area contributed by atoms with Gasteiger partial charge in [0.05, 0.1) is 22.0 Å². The molecule has 1 fully saturated rings. The maximum absolute atomic E-state index is 13.8. The van der Waals surface area contributed by atoms with E-state index in [1.807, 2.05) is 12.1 Å². The Morgan fingerprint density at radius 3 is 2.02 bits per heavy atom. The van der Waals surface area contributed by atoms with Crippen molar-refractivity contribution < 1.29 is 26.4 Å². The van der Waals surface area contributed by atoms with Gasteiger partial charge in [0.15, 0.2) is 0 Å². The van der Waals surface area contributed by atoms with Crippen molar-refractivity contribution in [2.24, 2.45) is 0 Å². The minimum atomic E-state index is -3.98. The monoisotopic (exact) mass is 604 g/mol. The Bertz CT molecular complexity index is 1540. The Hall–Kier alpha value is -2.76. The average Bonchev–Trinajstić information content (AvgIpc) is 3.47. The highest BCUT2D eigenvalue weighted by Crippen LogP contribution is 2.31. The maximum Gasteiger partial charge on any atom is 0.338 e. The third kappa shape index (κ3) is 6.75. The highest BCUT2D eigenvalue weighted by molar-refractivity contribution is 7.89. The van der Waals surface area contributed by atoms with Crippen LogP contribution >= 0.6 is 11.6 Å². The number of esters is 1. The van der Waals surface area contributed by atoms with Crippen molar-refractivity contribution in [3.8, 4) is 0 Å². The quantitative estimate of drug-likeness (QED) is 0.269. The van der Waals surface area contributed by atoms with Gasteiger partial charge in [-0.25, -0.2) is 21.6 Å². The topological polar surface area (TPSA) is 101 Å². The summed E-state index contributed by atoms with van der Waals surface area (Å²) >= 11 is 6.01. The van der Waals surface area contributed by atoms with Crippen LogP contribution in [0.2, 0.25) is 5.02 Å². The van der Waals surface area contributed by atoms with Crippen LogP contribution in [0.25, 0.3) is 0 Å². The van der Waals surface area contributed by atoms with Crippen molar-refractivity contribution >= 4 is 37.6 Å². The second-order valence-electron chi connectivity index (χ2n) is 9.73. The van der Waals surface area contributed by atoms with Crippen LogP contribution in [0.4, 0.5) is 0 Å². The molecule has 0 unspecified atom stereocenters. The predicted octanol–water partition coefficient (Wildman–Crippen LogP) is 5.47. The van der Waals surface area contributed by atoms with Gasteiger partial charge in [0.25, 0.3) is 0 Å². The van der Waals surface area contributed by atoms with Gasteiger partial charge in [0, 0.05) is 31.2 Å². The molecule has 0 radical (unpaired) electrons. The molecular formula is C29H33ClN2O6S2. The zero-order valence-corrected chi connectivity index (χ0v) is 24.9. The van der Waals surface area contributed by atoms with Crippen LogP contribution in [0.3, 0.4) is 0 Å². The molecule has 0 N–H and O–H groups in total. The molecular weight excluding hydrogens is 572 g/mol. The summed E-state index contributed by atoms with van der Waals surface area (Å²) in [5.74, 6) is -0.524. The fraction of sp³-hybridized carbons (Fsp3) is 0.345. The first-order chi connectivity index (χ1) is 19.0. The number of rotatable bonds is 11. The van der Waals surface area contributed by atoms with E-state index in [9.17, 15) is 21.6 Å². The summed E-state index contributed by atoms with van der Waals surface area (Å²) in [6.07, 6.45) is 3.47. The van der Waals surface area contributed by atoms with E-state index in [4.69, 9.17) is 16.3 Å². The summed E-state index contributed by atoms with van der Waals surface area (Å²) < 4.78 is 62.0. The molecule has 0 aromatic heterocycles. The minimum absolute atomic E-state index is 0.0302. The minimum Gasteiger partial charge on any atom is -0.462 e. The summed E-state index contributed by atoms with van der Waals surface area (Å²) in [6, 6.07) is 18.9.